The van der Waals surface area contributed by atoms with Gasteiger partial charge < -0.3 is 14.2 Å². The number of rotatable bonds is 12. The third kappa shape index (κ3) is 7.77. The summed E-state index contributed by atoms with van der Waals surface area (Å²) in [5, 5.41) is 11.5. The van der Waals surface area contributed by atoms with Gasteiger partial charge in [0, 0.05) is 11.5 Å². The highest BCUT2D eigenvalue weighted by molar-refractivity contribution is 7.91. The maximum Gasteiger partial charge on any atom is 0.268 e. The first kappa shape index (κ1) is 27.6. The second-order valence-corrected chi connectivity index (χ2v) is 10.5. The van der Waals surface area contributed by atoms with Gasteiger partial charge in [-0.15, -0.1) is 0 Å². The maximum absolute atomic E-state index is 12.6. The number of anilines is 1. The van der Waals surface area contributed by atoms with Gasteiger partial charge in [-0.25, -0.2) is 8.42 Å². The second-order valence-electron chi connectivity index (χ2n) is 7.56. The number of benzene rings is 2. The van der Waals surface area contributed by atoms with Crippen molar-refractivity contribution in [2.45, 2.75) is 25.9 Å². The van der Waals surface area contributed by atoms with Crippen molar-refractivity contribution < 1.29 is 27.4 Å². The van der Waals surface area contributed by atoms with Crippen LogP contribution in [0.15, 0.2) is 53.2 Å². The van der Waals surface area contributed by atoms with Crippen LogP contribution in [0.5, 0.6) is 17.2 Å². The van der Waals surface area contributed by atoms with E-state index in [0.29, 0.717) is 30.3 Å². The van der Waals surface area contributed by atoms with E-state index >= 15 is 0 Å². The Bertz CT molecular complexity index is 1430. The smallest absolute Gasteiger partial charge is 0.268 e. The average molecular weight is 543 g/mol. The zero-order valence-corrected chi connectivity index (χ0v) is 22.2. The molecule has 3 aromatic rings. The molecule has 1 N–H and O–H groups in total. The fourth-order valence-electron chi connectivity index (χ4n) is 3.01. The number of nitrogens with one attached hydrogen (secondary N) is 1. The first-order valence-electron chi connectivity index (χ1n) is 11.3. The number of nitriles is 1. The van der Waals surface area contributed by atoms with Crippen LogP contribution in [0, 0.1) is 18.3 Å². The number of hydrogen-bond acceptors (Lipinski definition) is 10. The predicted octanol–water partition coefficient (Wildman–Crippen LogP) is 4.04. The maximum atomic E-state index is 12.6. The summed E-state index contributed by atoms with van der Waals surface area (Å²) in [5.41, 5.74) is 1.42. The largest absolute Gasteiger partial charge is 0.490 e. The first-order chi connectivity index (χ1) is 17.7. The van der Waals surface area contributed by atoms with Crippen LogP contribution in [0.25, 0.3) is 6.08 Å². The van der Waals surface area contributed by atoms with Crippen LogP contribution in [-0.4, -0.2) is 49.3 Å². The summed E-state index contributed by atoms with van der Waals surface area (Å²) in [7, 11) is -3.60. The van der Waals surface area contributed by atoms with E-state index in [4.69, 9.17) is 14.2 Å². The Hall–Kier alpha value is -3.95. The number of hydrogen-bond donors (Lipinski definition) is 1. The Balaban J connectivity index is 1.68. The fourth-order valence-corrected chi connectivity index (χ4v) is 4.60. The lowest BCUT2D eigenvalue weighted by Crippen LogP contribution is -2.14. The lowest BCUT2D eigenvalue weighted by molar-refractivity contribution is -0.112. The standard InChI is InChI=1S/C25H26N4O6S2/c1-4-33-22-15-18(9-10-21(22)35-12-11-34-20-8-6-7-17(3)13-20)14-19(16-26)23(30)27-24-28-25(29-36-24)37(31,32)5-2/h6-10,13-15H,4-5,11-12H2,1-3H3,(H,27,28,29,30). The number of nitrogens with zero attached hydrogens (tertiary/aromatic N) is 3. The predicted molar refractivity (Wildman–Crippen MR) is 140 cm³/mol. The summed E-state index contributed by atoms with van der Waals surface area (Å²) >= 11 is 0.718. The topological polar surface area (TPSA) is 140 Å². The van der Waals surface area contributed by atoms with Crippen molar-refractivity contribution in [3.8, 4) is 23.3 Å². The summed E-state index contributed by atoms with van der Waals surface area (Å²) in [6, 6.07) is 14.6. The molecular formula is C25H26N4O6S2. The summed E-state index contributed by atoms with van der Waals surface area (Å²) in [6.45, 7) is 6.29. The van der Waals surface area contributed by atoms with Crippen molar-refractivity contribution >= 4 is 38.5 Å². The fraction of sp³-hybridized carbons (Fsp3) is 0.280. The van der Waals surface area contributed by atoms with Gasteiger partial charge in [-0.1, -0.05) is 25.1 Å². The lowest BCUT2D eigenvalue weighted by Gasteiger charge is -2.13. The van der Waals surface area contributed by atoms with E-state index in [2.05, 4.69) is 14.7 Å². The minimum absolute atomic E-state index is 0.0233. The van der Waals surface area contributed by atoms with Crippen LogP contribution < -0.4 is 19.5 Å². The minimum atomic E-state index is -3.60. The van der Waals surface area contributed by atoms with Gasteiger partial charge in [0.05, 0.1) is 12.4 Å². The van der Waals surface area contributed by atoms with Gasteiger partial charge in [0.25, 0.3) is 11.1 Å². The number of sulfone groups is 1. The molecule has 37 heavy (non-hydrogen) atoms. The zero-order valence-electron chi connectivity index (χ0n) is 20.6. The third-order valence-electron chi connectivity index (χ3n) is 4.83. The zero-order chi connectivity index (χ0) is 26.8. The van der Waals surface area contributed by atoms with Crippen molar-refractivity contribution in [3.05, 3.63) is 59.2 Å². The molecule has 12 heteroatoms. The van der Waals surface area contributed by atoms with Gasteiger partial charge in [0.15, 0.2) is 11.5 Å². The van der Waals surface area contributed by atoms with Crippen LogP contribution in [0.2, 0.25) is 0 Å². The van der Waals surface area contributed by atoms with Gasteiger partial charge in [-0.05, 0) is 55.3 Å². The average Bonchev–Trinajstić information content (AvgIpc) is 3.35. The van der Waals surface area contributed by atoms with Crippen molar-refractivity contribution in [1.82, 2.24) is 9.36 Å². The second kappa shape index (κ2) is 12.8. The van der Waals surface area contributed by atoms with Crippen molar-refractivity contribution in [2.24, 2.45) is 0 Å². The molecule has 0 saturated heterocycles. The number of carbonyl (C=O) groups excluding carboxylic acids is 1. The molecule has 0 atom stereocenters. The van der Waals surface area contributed by atoms with Gasteiger partial charge in [0.2, 0.25) is 15.0 Å². The van der Waals surface area contributed by atoms with E-state index in [1.807, 2.05) is 44.2 Å². The molecule has 3 rings (SSSR count). The molecule has 2 aromatic carbocycles. The molecule has 1 amide bonds. The highest BCUT2D eigenvalue weighted by Gasteiger charge is 2.20. The van der Waals surface area contributed by atoms with Crippen LogP contribution in [-0.2, 0) is 14.6 Å². The van der Waals surface area contributed by atoms with Crippen molar-refractivity contribution in [1.29, 1.82) is 5.26 Å². The molecule has 1 heterocycles. The van der Waals surface area contributed by atoms with E-state index in [-0.39, 0.29) is 28.2 Å². The van der Waals surface area contributed by atoms with Gasteiger partial charge in [-0.3, -0.25) is 10.1 Å². The number of amides is 1. The summed E-state index contributed by atoms with van der Waals surface area (Å²) in [5.74, 6) is 0.789. The van der Waals surface area contributed by atoms with E-state index in [1.165, 1.54) is 13.0 Å². The normalized spacial score (nSPS) is 11.5. The van der Waals surface area contributed by atoms with E-state index in [1.54, 1.807) is 18.2 Å². The highest BCUT2D eigenvalue weighted by atomic mass is 32.2. The Morgan fingerprint density at radius 1 is 1.11 bits per heavy atom. The van der Waals surface area contributed by atoms with E-state index < -0.39 is 15.7 Å². The third-order valence-corrected chi connectivity index (χ3v) is 7.07. The number of ether oxygens (including phenoxy) is 3. The number of aromatic nitrogens is 2. The molecule has 0 unspecified atom stereocenters. The molecule has 1 aromatic heterocycles. The molecule has 0 radical (unpaired) electrons. The molecule has 0 saturated carbocycles. The Labute approximate surface area is 219 Å². The Morgan fingerprint density at radius 3 is 2.59 bits per heavy atom. The Morgan fingerprint density at radius 2 is 1.89 bits per heavy atom. The van der Waals surface area contributed by atoms with Crippen molar-refractivity contribution in [2.75, 3.05) is 30.9 Å². The number of carbonyl (C=O) groups is 1. The molecular weight excluding hydrogens is 516 g/mol. The molecule has 194 valence electrons. The van der Waals surface area contributed by atoms with Crippen LogP contribution >= 0.6 is 11.5 Å². The van der Waals surface area contributed by atoms with Crippen LogP contribution in [0.1, 0.15) is 25.0 Å². The molecule has 0 spiro atoms. The van der Waals surface area contributed by atoms with Gasteiger partial charge in [0.1, 0.15) is 30.6 Å². The molecule has 0 aliphatic rings. The summed E-state index contributed by atoms with van der Waals surface area (Å²) in [6.07, 6.45) is 1.38. The molecule has 10 nitrogen and oxygen atoms in total. The Kier molecular flexibility index (Phi) is 9.59. The molecule has 0 aliphatic carbocycles. The minimum Gasteiger partial charge on any atom is -0.490 e. The van der Waals surface area contributed by atoms with E-state index in [0.717, 1.165) is 22.8 Å². The van der Waals surface area contributed by atoms with Crippen LogP contribution in [0.4, 0.5) is 5.13 Å². The first-order valence-corrected chi connectivity index (χ1v) is 13.8. The quantitative estimate of drug-likeness (QED) is 0.204. The van der Waals surface area contributed by atoms with Gasteiger partial charge >= 0.3 is 0 Å². The van der Waals surface area contributed by atoms with Gasteiger partial charge in [-0.2, -0.15) is 14.6 Å². The molecule has 0 aliphatic heterocycles. The highest BCUT2D eigenvalue weighted by Crippen LogP contribution is 2.29. The lowest BCUT2D eigenvalue weighted by atomic mass is 10.1. The summed E-state index contributed by atoms with van der Waals surface area (Å²) < 4.78 is 44.7. The molecule has 0 bridgehead atoms. The monoisotopic (exact) mass is 542 g/mol. The molecule has 0 fully saturated rings. The number of aryl methyl sites for hydroxylation is 1. The van der Waals surface area contributed by atoms with E-state index in [9.17, 15) is 18.5 Å². The SMILES string of the molecule is CCOc1cc(C=C(C#N)C(=O)Nc2nc(S(=O)(=O)CC)ns2)ccc1OCCOc1cccc(C)c1. The summed E-state index contributed by atoms with van der Waals surface area (Å²) in [4.78, 5) is 16.4. The van der Waals surface area contributed by atoms with Crippen LogP contribution in [0.3, 0.4) is 0 Å². The van der Waals surface area contributed by atoms with Crippen molar-refractivity contribution in [3.63, 3.8) is 0 Å².